The summed E-state index contributed by atoms with van der Waals surface area (Å²) in [5.74, 6) is 0.329. The highest BCUT2D eigenvalue weighted by atomic mass is 16.3. The molecule has 0 aliphatic rings. The van der Waals surface area contributed by atoms with Crippen molar-refractivity contribution in [1.82, 2.24) is 0 Å². The molecule has 0 spiro atoms. The molecule has 0 aliphatic heterocycles. The molecule has 0 saturated heterocycles. The summed E-state index contributed by atoms with van der Waals surface area (Å²) in [7, 11) is 0. The van der Waals surface area contributed by atoms with Crippen LogP contribution < -0.4 is 0 Å². The van der Waals surface area contributed by atoms with E-state index in [-0.39, 0.29) is 0 Å². The molecule has 1 heteroatoms. The molecule has 1 aromatic rings. The Bertz CT molecular complexity index is 337. The highest BCUT2D eigenvalue weighted by molar-refractivity contribution is 5.68. The van der Waals surface area contributed by atoms with Gasteiger partial charge in [0.2, 0.25) is 0 Å². The zero-order chi connectivity index (χ0) is 9.84. The summed E-state index contributed by atoms with van der Waals surface area (Å²) < 4.78 is 0. The average molecular weight is 174 g/mol. The molecular weight excluding hydrogens is 160 g/mol. The quantitative estimate of drug-likeness (QED) is 0.698. The van der Waals surface area contributed by atoms with Crippen LogP contribution in [0, 0.1) is 0 Å². The summed E-state index contributed by atoms with van der Waals surface area (Å²) in [5.41, 5.74) is 2.60. The molecule has 13 heavy (non-hydrogen) atoms. The summed E-state index contributed by atoms with van der Waals surface area (Å²) in [4.78, 5) is 0. The second kappa shape index (κ2) is 3.94. The number of para-hydroxylation sites is 1. The number of hydrogen-bond acceptors (Lipinski definition) is 1. The first kappa shape index (κ1) is 9.59. The normalized spacial score (nSPS) is 9.62. The van der Waals surface area contributed by atoms with Gasteiger partial charge in [0.15, 0.2) is 0 Å². The van der Waals surface area contributed by atoms with Crippen molar-refractivity contribution in [2.24, 2.45) is 0 Å². The van der Waals surface area contributed by atoms with E-state index < -0.39 is 0 Å². The molecule has 0 radical (unpaired) electrons. The fourth-order valence-corrected chi connectivity index (χ4v) is 1.26. The van der Waals surface area contributed by atoms with Crippen LogP contribution in [0.3, 0.4) is 0 Å². The van der Waals surface area contributed by atoms with Gasteiger partial charge in [0.1, 0.15) is 5.75 Å². The highest BCUT2D eigenvalue weighted by Crippen LogP contribution is 2.27. The van der Waals surface area contributed by atoms with Crippen LogP contribution in [0.5, 0.6) is 5.75 Å². The number of phenolic OH excluding ortho intramolecular Hbond substituents is 1. The number of rotatable bonds is 3. The Hall–Kier alpha value is -1.50. The lowest BCUT2D eigenvalue weighted by Crippen LogP contribution is -1.86. The van der Waals surface area contributed by atoms with Gasteiger partial charge in [0, 0.05) is 5.56 Å². The average Bonchev–Trinajstić information content (AvgIpc) is 2.08. The maximum Gasteiger partial charge on any atom is 0.126 e. The Morgan fingerprint density at radius 3 is 2.77 bits per heavy atom. The molecule has 68 valence electrons. The molecule has 0 heterocycles. The summed E-state index contributed by atoms with van der Waals surface area (Å²) in [6.07, 6.45) is 2.46. The predicted molar refractivity (Wildman–Crippen MR) is 56.7 cm³/mol. The summed E-state index contributed by atoms with van der Waals surface area (Å²) in [6, 6.07) is 5.68. The van der Waals surface area contributed by atoms with E-state index >= 15 is 0 Å². The first-order valence-electron chi connectivity index (χ1n) is 4.24. The van der Waals surface area contributed by atoms with E-state index in [4.69, 9.17) is 0 Å². The second-order valence-electron chi connectivity index (χ2n) is 3.09. The van der Waals surface area contributed by atoms with Crippen LogP contribution in [0.4, 0.5) is 0 Å². The van der Waals surface area contributed by atoms with Crippen molar-refractivity contribution >= 4 is 5.57 Å². The molecule has 0 aliphatic carbocycles. The predicted octanol–water partition coefficient (Wildman–Crippen LogP) is 3.15. The number of allylic oxidation sites excluding steroid dienone is 2. The summed E-state index contributed by atoms with van der Waals surface area (Å²) in [6.45, 7) is 9.32. The molecule has 1 aromatic carbocycles. The van der Waals surface area contributed by atoms with Crippen LogP contribution >= 0.6 is 0 Å². The van der Waals surface area contributed by atoms with E-state index in [1.807, 2.05) is 25.1 Å². The van der Waals surface area contributed by atoms with Crippen molar-refractivity contribution in [1.29, 1.82) is 0 Å². The van der Waals surface area contributed by atoms with Gasteiger partial charge in [-0.05, 0) is 24.5 Å². The zero-order valence-electron chi connectivity index (χ0n) is 7.88. The largest absolute Gasteiger partial charge is 0.507 e. The fraction of sp³-hybridized carbons (Fsp3) is 0.167. The highest BCUT2D eigenvalue weighted by Gasteiger charge is 2.05. The smallest absolute Gasteiger partial charge is 0.126 e. The molecule has 1 N–H and O–H groups in total. The molecule has 0 aromatic heterocycles. The Kier molecular flexibility index (Phi) is 2.91. The lowest BCUT2D eigenvalue weighted by atomic mass is 10.0. The number of aromatic hydroxyl groups is 1. The molecular formula is C12H14O. The zero-order valence-corrected chi connectivity index (χ0v) is 7.88. The second-order valence-corrected chi connectivity index (χ2v) is 3.09. The minimum Gasteiger partial charge on any atom is -0.507 e. The first-order chi connectivity index (χ1) is 6.16. The summed E-state index contributed by atoms with van der Waals surface area (Å²) in [5, 5.41) is 9.78. The fourth-order valence-electron chi connectivity index (χ4n) is 1.26. The van der Waals surface area contributed by atoms with Crippen LogP contribution in [0.15, 0.2) is 37.4 Å². The van der Waals surface area contributed by atoms with Gasteiger partial charge in [-0.25, -0.2) is 0 Å². The van der Waals surface area contributed by atoms with Crippen molar-refractivity contribution in [3.63, 3.8) is 0 Å². The third-order valence-electron chi connectivity index (χ3n) is 1.94. The lowest BCUT2D eigenvalue weighted by Gasteiger charge is -2.07. The molecule has 0 atom stereocenters. The Labute approximate surface area is 79.0 Å². The van der Waals surface area contributed by atoms with E-state index in [1.54, 1.807) is 6.08 Å². The van der Waals surface area contributed by atoms with E-state index in [2.05, 4.69) is 13.2 Å². The van der Waals surface area contributed by atoms with Crippen molar-refractivity contribution in [2.75, 3.05) is 0 Å². The van der Waals surface area contributed by atoms with Gasteiger partial charge in [0.25, 0.3) is 0 Å². The van der Waals surface area contributed by atoms with E-state index in [0.29, 0.717) is 12.2 Å². The molecule has 0 fully saturated rings. The number of hydrogen-bond donors (Lipinski definition) is 1. The van der Waals surface area contributed by atoms with Crippen LogP contribution in [-0.4, -0.2) is 5.11 Å². The van der Waals surface area contributed by atoms with Gasteiger partial charge in [-0.15, -0.1) is 6.58 Å². The Morgan fingerprint density at radius 2 is 2.23 bits per heavy atom. The molecule has 0 saturated carbocycles. The van der Waals surface area contributed by atoms with E-state index in [1.165, 1.54) is 0 Å². The van der Waals surface area contributed by atoms with Gasteiger partial charge in [-0.3, -0.25) is 0 Å². The van der Waals surface area contributed by atoms with Gasteiger partial charge >= 0.3 is 0 Å². The van der Waals surface area contributed by atoms with Gasteiger partial charge in [-0.1, -0.05) is 30.9 Å². The number of benzene rings is 1. The van der Waals surface area contributed by atoms with Gasteiger partial charge in [0.05, 0.1) is 0 Å². The third-order valence-corrected chi connectivity index (χ3v) is 1.94. The first-order valence-corrected chi connectivity index (χ1v) is 4.24. The van der Waals surface area contributed by atoms with Crippen molar-refractivity contribution in [3.05, 3.63) is 48.6 Å². The molecule has 0 unspecified atom stereocenters. The topological polar surface area (TPSA) is 20.2 Å². The molecule has 1 nitrogen and oxygen atoms in total. The van der Waals surface area contributed by atoms with Crippen molar-refractivity contribution in [2.45, 2.75) is 13.3 Å². The standard InChI is InChI=1S/C12H14O/c1-4-6-10-7-5-8-11(9(2)3)12(10)13/h4-5,7-8,13H,1-2,6H2,3H3. The lowest BCUT2D eigenvalue weighted by molar-refractivity contribution is 0.468. The van der Waals surface area contributed by atoms with Gasteiger partial charge < -0.3 is 5.11 Å². The Morgan fingerprint density at radius 1 is 1.54 bits per heavy atom. The maximum absolute atomic E-state index is 9.78. The molecule has 0 bridgehead atoms. The van der Waals surface area contributed by atoms with Crippen LogP contribution in [0.1, 0.15) is 18.1 Å². The molecule has 0 amide bonds. The SMILES string of the molecule is C=CCc1cccc(C(=C)C)c1O. The van der Waals surface area contributed by atoms with Crippen molar-refractivity contribution in [3.8, 4) is 5.75 Å². The van der Waals surface area contributed by atoms with Crippen LogP contribution in [0.2, 0.25) is 0 Å². The monoisotopic (exact) mass is 174 g/mol. The minimum absolute atomic E-state index is 0.329. The van der Waals surface area contributed by atoms with E-state index in [0.717, 1.165) is 16.7 Å². The van der Waals surface area contributed by atoms with Crippen LogP contribution in [0.25, 0.3) is 5.57 Å². The summed E-state index contributed by atoms with van der Waals surface area (Å²) >= 11 is 0. The van der Waals surface area contributed by atoms with Crippen LogP contribution in [-0.2, 0) is 6.42 Å². The minimum atomic E-state index is 0.329. The van der Waals surface area contributed by atoms with E-state index in [9.17, 15) is 5.11 Å². The Balaban J connectivity index is 3.17. The van der Waals surface area contributed by atoms with Crippen molar-refractivity contribution < 1.29 is 5.11 Å². The van der Waals surface area contributed by atoms with Gasteiger partial charge in [-0.2, -0.15) is 0 Å². The molecule has 1 rings (SSSR count). The number of phenols is 1. The third kappa shape index (κ3) is 2.00. The maximum atomic E-state index is 9.78.